The molecular formula is C23H23NO. The molecule has 0 atom stereocenters. The van der Waals surface area contributed by atoms with E-state index in [0.717, 1.165) is 28.6 Å². The number of benzene rings is 2. The zero-order valence-electron chi connectivity index (χ0n) is 15.3. The van der Waals surface area contributed by atoms with Gasteiger partial charge in [-0.1, -0.05) is 39.0 Å². The van der Waals surface area contributed by atoms with Crippen LogP contribution in [-0.4, -0.2) is 4.98 Å². The highest BCUT2D eigenvalue weighted by atomic mass is 16.3. The molecule has 4 aromatic rings. The number of nitrogens with zero attached hydrogens (tertiary/aromatic N) is 1. The maximum Gasteiger partial charge on any atom is 0.143 e. The van der Waals surface area contributed by atoms with Crippen LogP contribution in [0.5, 0.6) is 0 Å². The summed E-state index contributed by atoms with van der Waals surface area (Å²) >= 11 is 0. The van der Waals surface area contributed by atoms with Gasteiger partial charge in [0, 0.05) is 22.5 Å². The Morgan fingerprint density at radius 1 is 0.960 bits per heavy atom. The Labute approximate surface area is 148 Å². The van der Waals surface area contributed by atoms with Gasteiger partial charge in [-0.3, -0.25) is 4.98 Å². The quantitative estimate of drug-likeness (QED) is 0.417. The lowest BCUT2D eigenvalue weighted by atomic mass is 9.87. The van der Waals surface area contributed by atoms with Gasteiger partial charge >= 0.3 is 0 Å². The number of aromatic nitrogens is 1. The van der Waals surface area contributed by atoms with Crippen LogP contribution in [0.3, 0.4) is 0 Å². The lowest BCUT2D eigenvalue weighted by Crippen LogP contribution is -2.08. The van der Waals surface area contributed by atoms with E-state index in [1.807, 2.05) is 12.3 Å². The maximum atomic E-state index is 5.76. The molecule has 2 aromatic heterocycles. The molecule has 0 aliphatic rings. The number of rotatable bonds is 2. The molecule has 4 rings (SSSR count). The van der Waals surface area contributed by atoms with Crippen molar-refractivity contribution in [3.05, 3.63) is 66.1 Å². The van der Waals surface area contributed by atoms with Gasteiger partial charge in [-0.2, -0.15) is 0 Å². The topological polar surface area (TPSA) is 26.0 Å². The third-order valence-electron chi connectivity index (χ3n) is 4.51. The standard InChI is InChI=1S/C23H23NO/c1-15-11-18-8-10-25-22(18)20(12-15)21-19-6-5-16(14-23(2,3)4)13-17(19)7-9-24-21/h5-13H,14H2,1-4H3. The van der Waals surface area contributed by atoms with Gasteiger partial charge in [0.25, 0.3) is 0 Å². The lowest BCUT2D eigenvalue weighted by molar-refractivity contribution is 0.411. The van der Waals surface area contributed by atoms with Crippen LogP contribution < -0.4 is 0 Å². The predicted octanol–water partition coefficient (Wildman–Crippen LogP) is 6.55. The fourth-order valence-corrected chi connectivity index (χ4v) is 3.57. The maximum absolute atomic E-state index is 5.76. The van der Waals surface area contributed by atoms with Crippen molar-refractivity contribution in [1.82, 2.24) is 4.98 Å². The van der Waals surface area contributed by atoms with E-state index in [4.69, 9.17) is 9.40 Å². The highest BCUT2D eigenvalue weighted by molar-refractivity contribution is 6.02. The largest absolute Gasteiger partial charge is 0.464 e. The monoisotopic (exact) mass is 329 g/mol. The number of furan rings is 1. The van der Waals surface area contributed by atoms with Crippen LogP contribution in [-0.2, 0) is 6.42 Å². The molecule has 2 heterocycles. The third-order valence-corrected chi connectivity index (χ3v) is 4.51. The zero-order chi connectivity index (χ0) is 17.6. The van der Waals surface area contributed by atoms with Crippen molar-refractivity contribution in [3.63, 3.8) is 0 Å². The predicted molar refractivity (Wildman–Crippen MR) is 105 cm³/mol. The molecule has 0 aliphatic carbocycles. The summed E-state index contributed by atoms with van der Waals surface area (Å²) in [6.07, 6.45) is 4.71. The molecule has 126 valence electrons. The van der Waals surface area contributed by atoms with Gasteiger partial charge in [-0.05, 0) is 59.5 Å². The van der Waals surface area contributed by atoms with Gasteiger partial charge in [-0.15, -0.1) is 0 Å². The summed E-state index contributed by atoms with van der Waals surface area (Å²) in [5.74, 6) is 0. The Hall–Kier alpha value is -2.61. The molecule has 0 aliphatic heterocycles. The first kappa shape index (κ1) is 15.9. The van der Waals surface area contributed by atoms with Crippen molar-refractivity contribution < 1.29 is 4.42 Å². The van der Waals surface area contributed by atoms with E-state index in [0.29, 0.717) is 0 Å². The summed E-state index contributed by atoms with van der Waals surface area (Å²) in [6, 6.07) is 15.1. The van der Waals surface area contributed by atoms with Crippen LogP contribution >= 0.6 is 0 Å². The molecular weight excluding hydrogens is 306 g/mol. The number of fused-ring (bicyclic) bond motifs is 2. The molecule has 25 heavy (non-hydrogen) atoms. The number of hydrogen-bond acceptors (Lipinski definition) is 2. The van der Waals surface area contributed by atoms with Gasteiger partial charge in [0.05, 0.1) is 12.0 Å². The van der Waals surface area contributed by atoms with Gasteiger partial charge in [0.15, 0.2) is 0 Å². The summed E-state index contributed by atoms with van der Waals surface area (Å²) in [5, 5.41) is 3.52. The molecule has 0 saturated heterocycles. The fraction of sp³-hybridized carbons (Fsp3) is 0.261. The molecule has 0 bridgehead atoms. The Kier molecular flexibility index (Phi) is 3.64. The van der Waals surface area contributed by atoms with E-state index < -0.39 is 0 Å². The molecule has 0 spiro atoms. The minimum atomic E-state index is 0.278. The number of pyridine rings is 1. The molecule has 0 radical (unpaired) electrons. The third kappa shape index (κ3) is 3.05. The minimum absolute atomic E-state index is 0.278. The van der Waals surface area contributed by atoms with Crippen LogP contribution in [0.25, 0.3) is 33.0 Å². The van der Waals surface area contributed by atoms with Crippen molar-refractivity contribution in [3.8, 4) is 11.3 Å². The Bertz CT molecular complexity index is 1070. The first-order valence-electron chi connectivity index (χ1n) is 8.77. The Balaban J connectivity index is 1.92. The van der Waals surface area contributed by atoms with Gasteiger partial charge < -0.3 is 4.42 Å². The van der Waals surface area contributed by atoms with Gasteiger partial charge in [0.2, 0.25) is 0 Å². The molecule has 0 saturated carbocycles. The number of hydrogen-bond donors (Lipinski definition) is 0. The van der Waals surface area contributed by atoms with Crippen molar-refractivity contribution in [1.29, 1.82) is 0 Å². The van der Waals surface area contributed by atoms with Crippen LogP contribution in [0.4, 0.5) is 0 Å². The molecule has 0 unspecified atom stereocenters. The summed E-state index contributed by atoms with van der Waals surface area (Å²) in [5.41, 5.74) is 5.82. The second-order valence-corrected chi connectivity index (χ2v) is 8.10. The normalized spacial score (nSPS) is 12.2. The number of aryl methyl sites for hydroxylation is 1. The zero-order valence-corrected chi connectivity index (χ0v) is 15.3. The summed E-state index contributed by atoms with van der Waals surface area (Å²) in [6.45, 7) is 8.93. The average Bonchev–Trinajstić information content (AvgIpc) is 3.00. The highest BCUT2D eigenvalue weighted by Gasteiger charge is 2.15. The van der Waals surface area contributed by atoms with E-state index in [-0.39, 0.29) is 5.41 Å². The van der Waals surface area contributed by atoms with E-state index in [2.05, 4.69) is 64.1 Å². The van der Waals surface area contributed by atoms with E-state index in [9.17, 15) is 0 Å². The van der Waals surface area contributed by atoms with Crippen LogP contribution in [0.1, 0.15) is 31.9 Å². The fourth-order valence-electron chi connectivity index (χ4n) is 3.57. The molecule has 0 amide bonds. The summed E-state index contributed by atoms with van der Waals surface area (Å²) in [7, 11) is 0. The van der Waals surface area contributed by atoms with Gasteiger partial charge in [0.1, 0.15) is 5.58 Å². The molecule has 2 nitrogen and oxygen atoms in total. The van der Waals surface area contributed by atoms with Gasteiger partial charge in [-0.25, -0.2) is 0 Å². The second kappa shape index (κ2) is 5.73. The van der Waals surface area contributed by atoms with Crippen molar-refractivity contribution in [2.45, 2.75) is 34.1 Å². The average molecular weight is 329 g/mol. The van der Waals surface area contributed by atoms with Crippen LogP contribution in [0, 0.1) is 12.3 Å². The van der Waals surface area contributed by atoms with E-state index in [1.54, 1.807) is 6.26 Å². The van der Waals surface area contributed by atoms with E-state index >= 15 is 0 Å². The Morgan fingerprint density at radius 3 is 2.60 bits per heavy atom. The van der Waals surface area contributed by atoms with Crippen molar-refractivity contribution >= 4 is 21.7 Å². The second-order valence-electron chi connectivity index (χ2n) is 8.10. The molecule has 0 fully saturated rings. The smallest absolute Gasteiger partial charge is 0.143 e. The van der Waals surface area contributed by atoms with Crippen molar-refractivity contribution in [2.24, 2.45) is 5.41 Å². The lowest BCUT2D eigenvalue weighted by Gasteiger charge is -2.18. The minimum Gasteiger partial charge on any atom is -0.464 e. The van der Waals surface area contributed by atoms with E-state index in [1.165, 1.54) is 21.9 Å². The molecule has 2 heteroatoms. The summed E-state index contributed by atoms with van der Waals surface area (Å²) in [4.78, 5) is 4.69. The summed E-state index contributed by atoms with van der Waals surface area (Å²) < 4.78 is 5.76. The highest BCUT2D eigenvalue weighted by Crippen LogP contribution is 2.34. The molecule has 2 aromatic carbocycles. The van der Waals surface area contributed by atoms with Crippen LogP contribution in [0.15, 0.2) is 59.3 Å². The first-order chi connectivity index (χ1) is 11.9. The molecule has 0 N–H and O–H groups in total. The van der Waals surface area contributed by atoms with Crippen LogP contribution in [0.2, 0.25) is 0 Å². The van der Waals surface area contributed by atoms with Crippen molar-refractivity contribution in [2.75, 3.05) is 0 Å². The first-order valence-corrected chi connectivity index (χ1v) is 8.77. The SMILES string of the molecule is Cc1cc(-c2nccc3cc(CC(C)(C)C)ccc23)c2occc2c1. The Morgan fingerprint density at radius 2 is 1.80 bits per heavy atom.